The summed E-state index contributed by atoms with van der Waals surface area (Å²) < 4.78 is 4.44. The van der Waals surface area contributed by atoms with Crippen LogP contribution in [0.3, 0.4) is 0 Å². The summed E-state index contributed by atoms with van der Waals surface area (Å²) >= 11 is 0. The van der Waals surface area contributed by atoms with Crippen molar-refractivity contribution in [3.8, 4) is 45.8 Å². The maximum absolute atomic E-state index is 10.5. The Balaban J connectivity index is 1.28. The Hall–Kier alpha value is -7.39. The van der Waals surface area contributed by atoms with Crippen molar-refractivity contribution in [1.82, 2.24) is 9.13 Å². The lowest BCUT2D eigenvalue weighted by Gasteiger charge is -2.19. The highest BCUT2D eigenvalue weighted by molar-refractivity contribution is 6.11. The van der Waals surface area contributed by atoms with E-state index in [4.69, 9.17) is 6.57 Å². The van der Waals surface area contributed by atoms with E-state index in [-0.39, 0.29) is 0 Å². The van der Waals surface area contributed by atoms with Gasteiger partial charge in [0, 0.05) is 33.0 Å². The molecule has 50 heavy (non-hydrogen) atoms. The Bertz CT molecular complexity index is 2900. The Kier molecular flexibility index (Phi) is 6.56. The summed E-state index contributed by atoms with van der Waals surface area (Å²) in [5.74, 6) is 0. The summed E-state index contributed by atoms with van der Waals surface area (Å²) in [6.45, 7) is 7.62. The lowest BCUT2D eigenvalue weighted by Crippen LogP contribution is -2.01. The lowest BCUT2D eigenvalue weighted by molar-refractivity contribution is 1.18. The second kappa shape index (κ2) is 11.4. The van der Waals surface area contributed by atoms with E-state index in [1.165, 1.54) is 10.8 Å². The molecule has 2 aromatic heterocycles. The third-order valence-corrected chi connectivity index (χ3v) is 9.64. The van der Waals surface area contributed by atoms with Crippen molar-refractivity contribution in [2.75, 3.05) is 0 Å². The third-order valence-electron chi connectivity index (χ3n) is 9.64. The molecular weight excluding hydrogens is 611 g/mol. The number of rotatable bonds is 4. The van der Waals surface area contributed by atoms with Crippen LogP contribution >= 0.6 is 0 Å². The topological polar surface area (TPSA) is 61.8 Å². The average molecular weight is 636 g/mol. The Labute approximate surface area is 288 Å². The molecule has 0 spiro atoms. The van der Waals surface area contributed by atoms with Crippen LogP contribution in [-0.2, 0) is 0 Å². The Morgan fingerprint density at radius 3 is 1.64 bits per heavy atom. The summed E-state index contributed by atoms with van der Waals surface area (Å²) in [4.78, 5) is 3.68. The van der Waals surface area contributed by atoms with Gasteiger partial charge >= 0.3 is 0 Å². The van der Waals surface area contributed by atoms with Crippen molar-refractivity contribution >= 4 is 49.3 Å². The van der Waals surface area contributed by atoms with Gasteiger partial charge in [0.15, 0.2) is 5.69 Å². The summed E-state index contributed by atoms with van der Waals surface area (Å²) in [6, 6.07) is 55.4. The molecule has 2 heterocycles. The zero-order valence-corrected chi connectivity index (χ0v) is 26.7. The Morgan fingerprint density at radius 2 is 1.02 bits per heavy atom. The normalized spacial score (nSPS) is 11.1. The lowest BCUT2D eigenvalue weighted by atomic mass is 9.88. The molecular formula is C45H25N5. The van der Waals surface area contributed by atoms with Crippen molar-refractivity contribution in [2.45, 2.75) is 0 Å². The molecule has 9 aromatic rings. The summed E-state index contributed by atoms with van der Waals surface area (Å²) in [5, 5.41) is 25.4. The number of hydrogen-bond donors (Lipinski definition) is 0. The van der Waals surface area contributed by atoms with Gasteiger partial charge in [-0.3, -0.25) is 0 Å². The smallest absolute Gasteiger partial charge is 0.188 e. The van der Waals surface area contributed by atoms with E-state index >= 15 is 0 Å². The van der Waals surface area contributed by atoms with Crippen molar-refractivity contribution in [3.63, 3.8) is 0 Å². The molecule has 0 fully saturated rings. The molecule has 0 saturated heterocycles. The molecule has 0 bridgehead atoms. The molecule has 0 saturated carbocycles. The van der Waals surface area contributed by atoms with Gasteiger partial charge < -0.3 is 9.13 Å². The van der Waals surface area contributed by atoms with Crippen LogP contribution in [0.2, 0.25) is 0 Å². The van der Waals surface area contributed by atoms with Gasteiger partial charge in [0.1, 0.15) is 0 Å². The van der Waals surface area contributed by atoms with E-state index in [0.717, 1.165) is 66.5 Å². The molecule has 0 aliphatic rings. The van der Waals surface area contributed by atoms with Gasteiger partial charge in [-0.05, 0) is 77.2 Å². The first-order chi connectivity index (χ1) is 24.7. The number of fused-ring (bicyclic) bond motifs is 6. The van der Waals surface area contributed by atoms with Gasteiger partial charge in [-0.25, -0.2) is 4.85 Å². The standard InChI is InChI=1S/C45H25N5/c1-48-32-22-25-42-38(26-32)36-14-4-7-18-41(36)50(42)43-19-9-11-31(28-47)45(43)37-15-8-10-30(27-46)44(37)29-20-23-33(24-21-29)49-39-16-5-2-12-34(39)35-13-3-6-17-40(35)49/h2-26H. The number of benzene rings is 7. The van der Waals surface area contributed by atoms with Crippen LogP contribution in [0.1, 0.15) is 11.1 Å². The van der Waals surface area contributed by atoms with Crippen molar-refractivity contribution < 1.29 is 0 Å². The zero-order chi connectivity index (χ0) is 33.8. The highest BCUT2D eigenvalue weighted by Gasteiger charge is 2.22. The van der Waals surface area contributed by atoms with Crippen LogP contribution in [0.4, 0.5) is 5.69 Å². The molecule has 0 atom stereocenters. The van der Waals surface area contributed by atoms with E-state index in [2.05, 4.69) is 111 Å². The van der Waals surface area contributed by atoms with E-state index in [9.17, 15) is 10.5 Å². The molecule has 9 rings (SSSR count). The molecule has 0 aliphatic carbocycles. The number of aromatic nitrogens is 2. The minimum absolute atomic E-state index is 0.504. The van der Waals surface area contributed by atoms with Crippen LogP contribution in [0, 0.1) is 29.2 Å². The van der Waals surface area contributed by atoms with Crippen molar-refractivity contribution in [1.29, 1.82) is 10.5 Å². The van der Waals surface area contributed by atoms with Crippen LogP contribution in [0.5, 0.6) is 0 Å². The molecule has 0 amide bonds. The number of nitriles is 2. The minimum atomic E-state index is 0.504. The van der Waals surface area contributed by atoms with Crippen LogP contribution in [0.15, 0.2) is 152 Å². The molecule has 0 radical (unpaired) electrons. The van der Waals surface area contributed by atoms with Crippen LogP contribution in [0.25, 0.3) is 82.1 Å². The Morgan fingerprint density at radius 1 is 0.480 bits per heavy atom. The molecule has 0 aliphatic heterocycles. The average Bonchev–Trinajstić information content (AvgIpc) is 3.70. The van der Waals surface area contributed by atoms with E-state index < -0.39 is 0 Å². The fourth-order valence-electron chi connectivity index (χ4n) is 7.54. The van der Waals surface area contributed by atoms with Crippen LogP contribution < -0.4 is 0 Å². The molecule has 5 heteroatoms. The van der Waals surface area contributed by atoms with E-state index in [1.54, 1.807) is 0 Å². The second-order valence-electron chi connectivity index (χ2n) is 12.2. The highest BCUT2D eigenvalue weighted by atomic mass is 15.0. The molecule has 0 unspecified atom stereocenters. The number of nitrogens with zero attached hydrogens (tertiary/aromatic N) is 5. The predicted octanol–water partition coefficient (Wildman–Crippen LogP) is 11.5. The largest absolute Gasteiger partial charge is 0.309 e. The zero-order valence-electron chi connectivity index (χ0n) is 26.7. The molecule has 230 valence electrons. The third kappa shape index (κ3) is 4.24. The number of hydrogen-bond acceptors (Lipinski definition) is 2. The summed E-state index contributed by atoms with van der Waals surface area (Å²) in [5.41, 5.74) is 10.8. The van der Waals surface area contributed by atoms with E-state index in [0.29, 0.717) is 16.8 Å². The SMILES string of the molecule is [C-]#[N+]c1ccc2c(c1)c1ccccc1n2-c1cccc(C#N)c1-c1cccc(C#N)c1-c1ccc(-n2c3ccccc3c3ccccc32)cc1. The second-order valence-corrected chi connectivity index (χ2v) is 12.2. The predicted molar refractivity (Wildman–Crippen MR) is 202 cm³/mol. The maximum atomic E-state index is 10.5. The fourth-order valence-corrected chi connectivity index (χ4v) is 7.54. The first-order valence-corrected chi connectivity index (χ1v) is 16.3. The summed E-state index contributed by atoms with van der Waals surface area (Å²) in [7, 11) is 0. The summed E-state index contributed by atoms with van der Waals surface area (Å²) in [6.07, 6.45) is 0. The molecule has 5 nitrogen and oxygen atoms in total. The monoisotopic (exact) mass is 635 g/mol. The van der Waals surface area contributed by atoms with Gasteiger partial charge in [0.25, 0.3) is 0 Å². The molecule has 7 aromatic carbocycles. The first-order valence-electron chi connectivity index (χ1n) is 16.3. The van der Waals surface area contributed by atoms with Crippen molar-refractivity contribution in [3.05, 3.63) is 174 Å². The fraction of sp³-hybridized carbons (Fsp3) is 0. The first kappa shape index (κ1) is 28.8. The quantitative estimate of drug-likeness (QED) is 0.181. The highest BCUT2D eigenvalue weighted by Crippen LogP contribution is 2.43. The van der Waals surface area contributed by atoms with Gasteiger partial charge in [0.2, 0.25) is 0 Å². The van der Waals surface area contributed by atoms with Crippen LogP contribution in [-0.4, -0.2) is 9.13 Å². The molecule has 0 N–H and O–H groups in total. The van der Waals surface area contributed by atoms with Gasteiger partial charge in [-0.1, -0.05) is 91.0 Å². The number of para-hydroxylation sites is 3. The van der Waals surface area contributed by atoms with Gasteiger partial charge in [-0.15, -0.1) is 0 Å². The van der Waals surface area contributed by atoms with Gasteiger partial charge in [0.05, 0.1) is 57.6 Å². The van der Waals surface area contributed by atoms with Gasteiger partial charge in [-0.2, -0.15) is 10.5 Å². The minimum Gasteiger partial charge on any atom is -0.309 e. The van der Waals surface area contributed by atoms with Crippen molar-refractivity contribution in [2.24, 2.45) is 0 Å². The maximum Gasteiger partial charge on any atom is 0.188 e. The van der Waals surface area contributed by atoms with E-state index in [1.807, 2.05) is 66.7 Å².